The van der Waals surface area contributed by atoms with Crippen LogP contribution in [0, 0.1) is 20.8 Å². The van der Waals surface area contributed by atoms with E-state index in [9.17, 15) is 8.42 Å². The summed E-state index contributed by atoms with van der Waals surface area (Å²) in [5.41, 5.74) is 2.95. The molecule has 0 radical (unpaired) electrons. The van der Waals surface area contributed by atoms with Gasteiger partial charge in [0.05, 0.1) is 9.77 Å². The lowest BCUT2D eigenvalue weighted by Gasteiger charge is -2.40. The molecule has 0 aromatic carbocycles. The predicted octanol–water partition coefficient (Wildman–Crippen LogP) is 3.70. The van der Waals surface area contributed by atoms with Crippen LogP contribution < -0.4 is 0 Å². The van der Waals surface area contributed by atoms with Crippen molar-refractivity contribution in [3.8, 4) is 10.6 Å². The summed E-state index contributed by atoms with van der Waals surface area (Å²) in [4.78, 5) is 4.70. The number of nitrogens with zero attached hydrogens (tertiary/aromatic N) is 3. The second kappa shape index (κ2) is 7.89. The summed E-state index contributed by atoms with van der Waals surface area (Å²) in [5, 5.41) is 7.36. The lowest BCUT2D eigenvalue weighted by Crippen LogP contribution is -2.52. The zero-order valence-corrected chi connectivity index (χ0v) is 18.6. The summed E-state index contributed by atoms with van der Waals surface area (Å²) >= 11 is 1.51. The van der Waals surface area contributed by atoms with Crippen LogP contribution in [0.25, 0.3) is 10.6 Å². The van der Waals surface area contributed by atoms with Crippen LogP contribution in [0.15, 0.2) is 11.0 Å². The minimum absolute atomic E-state index is 0.443. The molecule has 1 aliphatic carbocycles. The monoisotopic (exact) mass is 422 g/mol. The van der Waals surface area contributed by atoms with E-state index < -0.39 is 10.0 Å². The molecule has 8 heteroatoms. The average Bonchev–Trinajstić information content (AvgIpc) is 3.25. The Morgan fingerprint density at radius 3 is 2.36 bits per heavy atom. The van der Waals surface area contributed by atoms with Gasteiger partial charge in [-0.15, -0.1) is 11.3 Å². The van der Waals surface area contributed by atoms with Crippen LogP contribution >= 0.6 is 11.3 Å². The maximum atomic E-state index is 13.3. The van der Waals surface area contributed by atoms with E-state index in [0.717, 1.165) is 39.8 Å². The van der Waals surface area contributed by atoms with E-state index in [2.05, 4.69) is 15.1 Å². The maximum Gasteiger partial charge on any atom is 0.244 e. The molecule has 2 fully saturated rings. The molecule has 6 nitrogen and oxygen atoms in total. The fourth-order valence-corrected chi connectivity index (χ4v) is 7.49. The highest BCUT2D eigenvalue weighted by molar-refractivity contribution is 7.89. The van der Waals surface area contributed by atoms with Gasteiger partial charge >= 0.3 is 0 Å². The fourth-order valence-electron chi connectivity index (χ4n) is 4.46. The van der Waals surface area contributed by atoms with Crippen molar-refractivity contribution in [2.75, 3.05) is 26.2 Å². The Morgan fingerprint density at radius 1 is 1.07 bits per heavy atom. The van der Waals surface area contributed by atoms with Crippen LogP contribution in [0.3, 0.4) is 0 Å². The molecule has 1 aliphatic heterocycles. The van der Waals surface area contributed by atoms with Crippen LogP contribution in [0.2, 0.25) is 0 Å². The van der Waals surface area contributed by atoms with Gasteiger partial charge in [-0.3, -0.25) is 10.00 Å². The summed E-state index contributed by atoms with van der Waals surface area (Å²) in [5.74, 6) is 0. The Kier molecular flexibility index (Phi) is 5.66. The van der Waals surface area contributed by atoms with E-state index in [1.54, 1.807) is 4.31 Å². The molecule has 28 heavy (non-hydrogen) atoms. The molecule has 2 aliphatic rings. The Labute approximate surface area is 172 Å². The first-order valence-electron chi connectivity index (χ1n) is 10.2. The van der Waals surface area contributed by atoms with Gasteiger partial charge in [-0.1, -0.05) is 19.3 Å². The molecule has 154 valence electrons. The number of H-pyrrole nitrogens is 1. The second-order valence-corrected chi connectivity index (χ2v) is 11.2. The molecule has 0 atom stereocenters. The number of hydrogen-bond acceptors (Lipinski definition) is 5. The minimum atomic E-state index is -3.46. The van der Waals surface area contributed by atoms with Crippen molar-refractivity contribution in [3.05, 3.63) is 22.2 Å². The average molecular weight is 423 g/mol. The third-order valence-electron chi connectivity index (χ3n) is 6.34. The van der Waals surface area contributed by atoms with Gasteiger partial charge in [0, 0.05) is 42.8 Å². The largest absolute Gasteiger partial charge is 0.298 e. The Morgan fingerprint density at radius 2 is 1.75 bits per heavy atom. The summed E-state index contributed by atoms with van der Waals surface area (Å²) in [6, 6.07) is 2.46. The maximum absolute atomic E-state index is 13.3. The van der Waals surface area contributed by atoms with E-state index >= 15 is 0 Å². The smallest absolute Gasteiger partial charge is 0.244 e. The van der Waals surface area contributed by atoms with Crippen molar-refractivity contribution in [1.82, 2.24) is 19.4 Å². The topological polar surface area (TPSA) is 69.3 Å². The second-order valence-electron chi connectivity index (χ2n) is 8.09. The van der Waals surface area contributed by atoms with Crippen molar-refractivity contribution in [2.24, 2.45) is 0 Å². The molecule has 4 rings (SSSR count). The zero-order valence-electron chi connectivity index (χ0n) is 17.0. The third kappa shape index (κ3) is 3.67. The molecule has 2 aromatic heterocycles. The van der Waals surface area contributed by atoms with Crippen LogP contribution in [-0.4, -0.2) is 60.0 Å². The molecule has 1 saturated carbocycles. The summed E-state index contributed by atoms with van der Waals surface area (Å²) < 4.78 is 28.3. The highest BCUT2D eigenvalue weighted by atomic mass is 32.2. The number of aryl methyl sites for hydroxylation is 2. The molecular weight excluding hydrogens is 392 g/mol. The van der Waals surface area contributed by atoms with E-state index in [1.807, 2.05) is 26.8 Å². The van der Waals surface area contributed by atoms with Crippen LogP contribution in [0.4, 0.5) is 0 Å². The molecule has 1 N–H and O–H groups in total. The normalized spacial score (nSPS) is 20.7. The Bertz CT molecular complexity index is 934. The first kappa shape index (κ1) is 20.1. The number of thiophene rings is 1. The van der Waals surface area contributed by atoms with Crippen molar-refractivity contribution < 1.29 is 8.42 Å². The molecule has 0 unspecified atom stereocenters. The quantitative estimate of drug-likeness (QED) is 0.816. The van der Waals surface area contributed by atoms with E-state index in [0.29, 0.717) is 24.0 Å². The van der Waals surface area contributed by atoms with E-state index in [1.165, 1.54) is 43.4 Å². The number of rotatable bonds is 4. The highest BCUT2D eigenvalue weighted by Crippen LogP contribution is 2.36. The number of nitrogens with one attached hydrogen (secondary N) is 1. The van der Waals surface area contributed by atoms with Crippen molar-refractivity contribution in [2.45, 2.75) is 63.8 Å². The zero-order chi connectivity index (χ0) is 19.9. The number of aromatic amines is 1. The van der Waals surface area contributed by atoms with Crippen molar-refractivity contribution in [1.29, 1.82) is 0 Å². The molecule has 0 bridgehead atoms. The predicted molar refractivity (Wildman–Crippen MR) is 113 cm³/mol. The molecule has 3 heterocycles. The standard InChI is InChI=1S/C20H30N4O2S2/c1-14-15(2)21-22-20(14)18-13-19(16(3)27-18)28(25,26)24-11-9-23(10-12-24)17-7-5-4-6-8-17/h13,17H,4-12H2,1-3H3,(H,21,22). The lowest BCUT2D eigenvalue weighted by molar-refractivity contribution is 0.111. The van der Waals surface area contributed by atoms with Gasteiger partial charge in [0.1, 0.15) is 5.69 Å². The van der Waals surface area contributed by atoms with Gasteiger partial charge in [-0.25, -0.2) is 8.42 Å². The SMILES string of the molecule is Cc1[nH]nc(-c2cc(S(=O)(=O)N3CCN(C4CCCCC4)CC3)c(C)s2)c1C. The lowest BCUT2D eigenvalue weighted by atomic mass is 9.94. The summed E-state index contributed by atoms with van der Waals surface area (Å²) in [7, 11) is -3.46. The van der Waals surface area contributed by atoms with Gasteiger partial charge in [-0.05, 0) is 45.2 Å². The first-order chi connectivity index (χ1) is 13.4. The van der Waals surface area contributed by atoms with Gasteiger partial charge in [-0.2, -0.15) is 9.40 Å². The van der Waals surface area contributed by atoms with E-state index in [-0.39, 0.29) is 0 Å². The van der Waals surface area contributed by atoms with E-state index in [4.69, 9.17) is 0 Å². The summed E-state index contributed by atoms with van der Waals surface area (Å²) in [6.07, 6.45) is 6.50. The van der Waals surface area contributed by atoms with Gasteiger partial charge in [0.2, 0.25) is 10.0 Å². The summed E-state index contributed by atoms with van der Waals surface area (Å²) in [6.45, 7) is 8.76. The molecule has 0 amide bonds. The first-order valence-corrected chi connectivity index (χ1v) is 12.5. The molecule has 0 spiro atoms. The van der Waals surface area contributed by atoms with Crippen LogP contribution in [0.5, 0.6) is 0 Å². The Hall–Kier alpha value is -1.22. The van der Waals surface area contributed by atoms with Crippen molar-refractivity contribution >= 4 is 21.4 Å². The third-order valence-corrected chi connectivity index (χ3v) is 9.55. The highest BCUT2D eigenvalue weighted by Gasteiger charge is 2.33. The van der Waals surface area contributed by atoms with Gasteiger partial charge < -0.3 is 0 Å². The number of piperazine rings is 1. The molecular formula is C20H30N4O2S2. The molecule has 1 saturated heterocycles. The molecule has 2 aromatic rings. The van der Waals surface area contributed by atoms with Gasteiger partial charge in [0.25, 0.3) is 0 Å². The number of sulfonamides is 1. The number of hydrogen-bond donors (Lipinski definition) is 1. The Balaban J connectivity index is 1.50. The van der Waals surface area contributed by atoms with Crippen LogP contribution in [-0.2, 0) is 10.0 Å². The van der Waals surface area contributed by atoms with Crippen molar-refractivity contribution in [3.63, 3.8) is 0 Å². The van der Waals surface area contributed by atoms with Gasteiger partial charge in [0.15, 0.2) is 0 Å². The fraction of sp³-hybridized carbons (Fsp3) is 0.650. The van der Waals surface area contributed by atoms with Crippen LogP contribution in [0.1, 0.15) is 48.2 Å². The number of aromatic nitrogens is 2. The minimum Gasteiger partial charge on any atom is -0.298 e.